The Morgan fingerprint density at radius 2 is 2.00 bits per heavy atom. The molecule has 0 aliphatic carbocycles. The van der Waals surface area contributed by atoms with Crippen molar-refractivity contribution < 1.29 is 0 Å². The Labute approximate surface area is 105 Å². The number of nitrogens with one attached hydrogen (secondary N) is 2. The summed E-state index contributed by atoms with van der Waals surface area (Å²) in [5.41, 5.74) is 2.69. The van der Waals surface area contributed by atoms with Gasteiger partial charge in [-0.3, -0.25) is 10.1 Å². The number of aromatic amines is 1. The maximum Gasteiger partial charge on any atom is 0.147 e. The van der Waals surface area contributed by atoms with Gasteiger partial charge < -0.3 is 10.2 Å². The van der Waals surface area contributed by atoms with Crippen LogP contribution in [0.15, 0.2) is 18.5 Å². The highest BCUT2D eigenvalue weighted by Gasteiger charge is 2.13. The largest absolute Gasteiger partial charge is 0.353 e. The van der Waals surface area contributed by atoms with Crippen molar-refractivity contribution in [2.24, 2.45) is 0 Å². The number of nitrogens with zero attached hydrogens (tertiary/aromatic N) is 4. The van der Waals surface area contributed by atoms with Gasteiger partial charge in [-0.25, -0.2) is 4.98 Å². The van der Waals surface area contributed by atoms with Crippen LogP contribution in [0.1, 0.15) is 5.69 Å². The van der Waals surface area contributed by atoms with Gasteiger partial charge in [0.2, 0.25) is 0 Å². The summed E-state index contributed by atoms with van der Waals surface area (Å²) < 4.78 is 0. The molecule has 3 heterocycles. The van der Waals surface area contributed by atoms with Gasteiger partial charge >= 0.3 is 0 Å². The van der Waals surface area contributed by atoms with Crippen LogP contribution in [0.25, 0.3) is 11.4 Å². The first-order valence-corrected chi connectivity index (χ1v) is 6.13. The van der Waals surface area contributed by atoms with E-state index in [1.165, 1.54) is 0 Å². The molecule has 0 bridgehead atoms. The van der Waals surface area contributed by atoms with E-state index in [-0.39, 0.29) is 0 Å². The summed E-state index contributed by atoms with van der Waals surface area (Å²) in [5, 5.41) is 10.5. The number of hydrogen-bond donors (Lipinski definition) is 2. The zero-order valence-electron chi connectivity index (χ0n) is 10.3. The molecule has 2 aromatic rings. The van der Waals surface area contributed by atoms with E-state index in [2.05, 4.69) is 30.4 Å². The summed E-state index contributed by atoms with van der Waals surface area (Å²) in [6.07, 6.45) is 3.57. The molecule has 0 unspecified atom stereocenters. The topological polar surface area (TPSA) is 69.7 Å². The monoisotopic (exact) mass is 244 g/mol. The fourth-order valence-electron chi connectivity index (χ4n) is 2.07. The lowest BCUT2D eigenvalue weighted by atomic mass is 10.3. The van der Waals surface area contributed by atoms with E-state index in [1.54, 1.807) is 6.20 Å². The first-order chi connectivity index (χ1) is 8.83. The van der Waals surface area contributed by atoms with E-state index >= 15 is 0 Å². The Morgan fingerprint density at radius 3 is 2.72 bits per heavy atom. The number of piperazine rings is 1. The van der Waals surface area contributed by atoms with Crippen molar-refractivity contribution in [1.82, 2.24) is 25.5 Å². The normalized spacial score (nSPS) is 15.9. The van der Waals surface area contributed by atoms with Crippen LogP contribution in [0.5, 0.6) is 0 Å². The predicted molar refractivity (Wildman–Crippen MR) is 69.4 cm³/mol. The van der Waals surface area contributed by atoms with Gasteiger partial charge in [-0.1, -0.05) is 0 Å². The highest BCUT2D eigenvalue weighted by molar-refractivity contribution is 5.56. The maximum atomic E-state index is 4.63. The van der Waals surface area contributed by atoms with E-state index in [1.807, 2.05) is 19.2 Å². The van der Waals surface area contributed by atoms with Gasteiger partial charge in [0.05, 0.1) is 12.4 Å². The van der Waals surface area contributed by atoms with E-state index in [0.717, 1.165) is 49.1 Å². The predicted octanol–water partition coefficient (Wildman–Crippen LogP) is 0.585. The number of aromatic nitrogens is 4. The Morgan fingerprint density at radius 1 is 1.17 bits per heavy atom. The van der Waals surface area contributed by atoms with Crippen LogP contribution in [0.4, 0.5) is 5.82 Å². The minimum Gasteiger partial charge on any atom is -0.353 e. The lowest BCUT2D eigenvalue weighted by molar-refractivity contribution is 0.584. The molecule has 0 saturated carbocycles. The molecule has 1 saturated heterocycles. The third-order valence-corrected chi connectivity index (χ3v) is 3.03. The van der Waals surface area contributed by atoms with Crippen molar-refractivity contribution in [2.45, 2.75) is 6.92 Å². The minimum atomic E-state index is 0.815. The molecule has 94 valence electrons. The fraction of sp³-hybridized carbons (Fsp3) is 0.417. The van der Waals surface area contributed by atoms with Crippen molar-refractivity contribution >= 4 is 5.82 Å². The first-order valence-electron chi connectivity index (χ1n) is 6.13. The highest BCUT2D eigenvalue weighted by Crippen LogP contribution is 2.18. The van der Waals surface area contributed by atoms with Crippen molar-refractivity contribution in [3.63, 3.8) is 0 Å². The molecule has 2 aromatic heterocycles. The molecule has 0 radical (unpaired) electrons. The Kier molecular flexibility index (Phi) is 2.93. The van der Waals surface area contributed by atoms with Crippen LogP contribution in [-0.2, 0) is 0 Å². The number of anilines is 1. The number of hydrogen-bond acceptors (Lipinski definition) is 5. The zero-order valence-corrected chi connectivity index (χ0v) is 10.3. The molecule has 1 aliphatic rings. The lowest BCUT2D eigenvalue weighted by Gasteiger charge is -2.28. The molecule has 2 N–H and O–H groups in total. The quantitative estimate of drug-likeness (QED) is 0.809. The second-order valence-corrected chi connectivity index (χ2v) is 4.44. The average molecular weight is 244 g/mol. The minimum absolute atomic E-state index is 0.815. The van der Waals surface area contributed by atoms with Crippen LogP contribution in [0, 0.1) is 6.92 Å². The molecular weight excluding hydrogens is 228 g/mol. The second kappa shape index (κ2) is 4.73. The van der Waals surface area contributed by atoms with Gasteiger partial charge in [0.15, 0.2) is 0 Å². The van der Waals surface area contributed by atoms with E-state index < -0.39 is 0 Å². The highest BCUT2D eigenvalue weighted by atomic mass is 15.2. The van der Waals surface area contributed by atoms with E-state index in [0.29, 0.717) is 0 Å². The average Bonchev–Trinajstić information content (AvgIpc) is 2.87. The van der Waals surface area contributed by atoms with Crippen molar-refractivity contribution in [3.8, 4) is 11.4 Å². The summed E-state index contributed by atoms with van der Waals surface area (Å²) in [5.74, 6) is 0.926. The summed E-state index contributed by atoms with van der Waals surface area (Å²) >= 11 is 0. The van der Waals surface area contributed by atoms with Crippen molar-refractivity contribution in [3.05, 3.63) is 24.2 Å². The zero-order chi connectivity index (χ0) is 12.4. The molecule has 0 spiro atoms. The summed E-state index contributed by atoms with van der Waals surface area (Å²) in [7, 11) is 0. The van der Waals surface area contributed by atoms with Crippen LogP contribution >= 0.6 is 0 Å². The van der Waals surface area contributed by atoms with Gasteiger partial charge in [-0.2, -0.15) is 5.10 Å². The van der Waals surface area contributed by atoms with Crippen molar-refractivity contribution in [1.29, 1.82) is 0 Å². The number of aryl methyl sites for hydroxylation is 1. The molecule has 1 fully saturated rings. The maximum absolute atomic E-state index is 4.63. The molecular formula is C12H16N6. The molecule has 0 aromatic carbocycles. The van der Waals surface area contributed by atoms with Gasteiger partial charge in [-0.05, 0) is 13.0 Å². The van der Waals surface area contributed by atoms with Crippen LogP contribution in [0.2, 0.25) is 0 Å². The number of H-pyrrole nitrogens is 1. The smallest absolute Gasteiger partial charge is 0.147 e. The Bertz CT molecular complexity index is 529. The first kappa shape index (κ1) is 11.2. The van der Waals surface area contributed by atoms with Crippen molar-refractivity contribution in [2.75, 3.05) is 31.1 Å². The van der Waals surface area contributed by atoms with Crippen LogP contribution < -0.4 is 10.2 Å². The molecule has 3 rings (SSSR count). The molecule has 18 heavy (non-hydrogen) atoms. The molecule has 6 heteroatoms. The lowest BCUT2D eigenvalue weighted by Crippen LogP contribution is -2.43. The van der Waals surface area contributed by atoms with Crippen LogP contribution in [0.3, 0.4) is 0 Å². The summed E-state index contributed by atoms with van der Waals surface area (Å²) in [6.45, 7) is 5.90. The summed E-state index contributed by atoms with van der Waals surface area (Å²) in [4.78, 5) is 11.1. The van der Waals surface area contributed by atoms with Gasteiger partial charge in [0.25, 0.3) is 0 Å². The van der Waals surface area contributed by atoms with Gasteiger partial charge in [-0.15, -0.1) is 0 Å². The Balaban J connectivity index is 1.88. The van der Waals surface area contributed by atoms with E-state index in [4.69, 9.17) is 0 Å². The fourth-order valence-corrected chi connectivity index (χ4v) is 2.07. The molecule has 1 aliphatic heterocycles. The summed E-state index contributed by atoms with van der Waals surface area (Å²) in [6, 6.07) is 1.98. The molecule has 6 nitrogen and oxygen atoms in total. The SMILES string of the molecule is Cc1cc(-c2cncc(N3CCNCC3)n2)n[nH]1. The van der Waals surface area contributed by atoms with Gasteiger partial charge in [0, 0.05) is 31.9 Å². The molecule has 0 atom stereocenters. The molecule has 0 amide bonds. The Hall–Kier alpha value is -1.95. The standard InChI is InChI=1S/C12H16N6/c1-9-6-10(17-16-9)11-7-14-8-12(15-11)18-4-2-13-3-5-18/h6-8,13H,2-5H2,1H3,(H,16,17). The number of rotatable bonds is 2. The van der Waals surface area contributed by atoms with E-state index in [9.17, 15) is 0 Å². The third kappa shape index (κ3) is 2.19. The second-order valence-electron chi connectivity index (χ2n) is 4.44. The van der Waals surface area contributed by atoms with Crippen LogP contribution in [-0.4, -0.2) is 46.3 Å². The third-order valence-electron chi connectivity index (χ3n) is 3.03. The van der Waals surface area contributed by atoms with Gasteiger partial charge in [0.1, 0.15) is 17.2 Å².